The van der Waals surface area contributed by atoms with Crippen molar-refractivity contribution in [1.29, 1.82) is 0 Å². The number of ether oxygens (including phenoxy) is 1. The minimum absolute atomic E-state index is 0. The molecule has 0 bridgehead atoms. The van der Waals surface area contributed by atoms with Gasteiger partial charge < -0.3 is 22.0 Å². The first-order valence-corrected chi connectivity index (χ1v) is 5.76. The van der Waals surface area contributed by atoms with Crippen LogP contribution in [0.5, 0.6) is 0 Å². The van der Waals surface area contributed by atoms with Crippen molar-refractivity contribution in [3.8, 4) is 0 Å². The Kier molecular flexibility index (Phi) is 5.82. The predicted molar refractivity (Wildman–Crippen MR) is 64.1 cm³/mol. The van der Waals surface area contributed by atoms with Crippen molar-refractivity contribution in [3.05, 3.63) is 36.7 Å². The van der Waals surface area contributed by atoms with E-state index in [1.54, 1.807) is 6.08 Å². The second kappa shape index (κ2) is 7.13. The number of nitrogens with zero attached hydrogens (tertiary/aromatic N) is 2. The lowest BCUT2D eigenvalue weighted by Crippen LogP contribution is -3.00. The lowest BCUT2D eigenvalue weighted by atomic mass is 10.3. The largest absolute Gasteiger partial charge is 1.00 e. The van der Waals surface area contributed by atoms with Crippen LogP contribution in [0.2, 0.25) is 0 Å². The smallest absolute Gasteiger partial charge is 0.288 e. The Balaban J connectivity index is 0.00000162. The van der Waals surface area contributed by atoms with Crippen LogP contribution in [-0.4, -0.2) is 37.1 Å². The molecule has 1 aliphatic rings. The SMILES string of the molecule is C=Cc1cc[n+](CC(=O)N2CCOCC2)cc1.[Cl-]. The number of hydrogen-bond donors (Lipinski definition) is 0. The monoisotopic (exact) mass is 268 g/mol. The van der Waals surface area contributed by atoms with Gasteiger partial charge in [0.25, 0.3) is 5.91 Å². The van der Waals surface area contributed by atoms with Crippen LogP contribution in [0.1, 0.15) is 5.56 Å². The number of halogens is 1. The van der Waals surface area contributed by atoms with Crippen LogP contribution in [0.25, 0.3) is 6.08 Å². The maximum absolute atomic E-state index is 12.0. The summed E-state index contributed by atoms with van der Waals surface area (Å²) in [5.74, 6) is 0.143. The topological polar surface area (TPSA) is 33.4 Å². The first kappa shape index (κ1) is 14.7. The van der Waals surface area contributed by atoms with Gasteiger partial charge in [-0.1, -0.05) is 12.7 Å². The third-order valence-corrected chi connectivity index (χ3v) is 2.83. The quantitative estimate of drug-likeness (QED) is 0.567. The molecule has 0 aromatic carbocycles. The Morgan fingerprint density at radius 2 is 2.00 bits per heavy atom. The van der Waals surface area contributed by atoms with E-state index < -0.39 is 0 Å². The van der Waals surface area contributed by atoms with Crippen molar-refractivity contribution in [1.82, 2.24) is 4.90 Å². The van der Waals surface area contributed by atoms with Crippen LogP contribution in [-0.2, 0) is 16.1 Å². The summed E-state index contributed by atoms with van der Waals surface area (Å²) >= 11 is 0. The summed E-state index contributed by atoms with van der Waals surface area (Å²) in [5.41, 5.74) is 1.06. The average Bonchev–Trinajstić information content (AvgIpc) is 2.40. The zero-order valence-corrected chi connectivity index (χ0v) is 11.0. The molecule has 2 rings (SSSR count). The number of carbonyl (C=O) groups excluding carboxylic acids is 1. The van der Waals surface area contributed by atoms with Gasteiger partial charge in [0.15, 0.2) is 12.4 Å². The van der Waals surface area contributed by atoms with Gasteiger partial charge in [-0.25, -0.2) is 0 Å². The van der Waals surface area contributed by atoms with E-state index in [-0.39, 0.29) is 18.3 Å². The average molecular weight is 269 g/mol. The molecule has 0 aliphatic carbocycles. The summed E-state index contributed by atoms with van der Waals surface area (Å²) in [5, 5.41) is 0. The summed E-state index contributed by atoms with van der Waals surface area (Å²) in [6.45, 7) is 6.77. The zero-order valence-electron chi connectivity index (χ0n) is 10.2. The Labute approximate surface area is 113 Å². The molecule has 98 valence electrons. The summed E-state index contributed by atoms with van der Waals surface area (Å²) in [6, 6.07) is 3.89. The lowest BCUT2D eigenvalue weighted by Gasteiger charge is -2.25. The molecule has 4 nitrogen and oxygen atoms in total. The fraction of sp³-hybridized carbons (Fsp3) is 0.385. The van der Waals surface area contributed by atoms with E-state index in [4.69, 9.17) is 4.74 Å². The van der Waals surface area contributed by atoms with Gasteiger partial charge in [0.05, 0.1) is 13.2 Å². The van der Waals surface area contributed by atoms with E-state index in [1.807, 2.05) is 34.0 Å². The van der Waals surface area contributed by atoms with Gasteiger partial charge in [-0.2, -0.15) is 4.57 Å². The number of pyridine rings is 1. The zero-order chi connectivity index (χ0) is 12.1. The molecule has 1 saturated heterocycles. The second-order valence-corrected chi connectivity index (χ2v) is 4.00. The maximum atomic E-state index is 12.0. The molecule has 0 radical (unpaired) electrons. The van der Waals surface area contributed by atoms with Crippen LogP contribution in [0.4, 0.5) is 0 Å². The number of hydrogen-bond acceptors (Lipinski definition) is 2. The Hall–Kier alpha value is -1.39. The molecular weight excluding hydrogens is 252 g/mol. The van der Waals surface area contributed by atoms with E-state index in [0.29, 0.717) is 32.8 Å². The summed E-state index contributed by atoms with van der Waals surface area (Å²) in [6.07, 6.45) is 5.58. The van der Waals surface area contributed by atoms with Gasteiger partial charge in [-0.3, -0.25) is 4.79 Å². The molecule has 18 heavy (non-hydrogen) atoms. The highest BCUT2D eigenvalue weighted by Crippen LogP contribution is 1.99. The van der Waals surface area contributed by atoms with Gasteiger partial charge in [0.1, 0.15) is 0 Å². The third-order valence-electron chi connectivity index (χ3n) is 2.83. The Morgan fingerprint density at radius 3 is 2.56 bits per heavy atom. The third kappa shape index (κ3) is 3.82. The predicted octanol–water partition coefficient (Wildman–Crippen LogP) is -2.52. The molecule has 1 aromatic heterocycles. The van der Waals surface area contributed by atoms with Gasteiger partial charge in [0.2, 0.25) is 6.54 Å². The van der Waals surface area contributed by atoms with Crippen LogP contribution >= 0.6 is 0 Å². The van der Waals surface area contributed by atoms with Crippen LogP contribution in [0.3, 0.4) is 0 Å². The standard InChI is InChI=1S/C13H17N2O2.ClH/c1-2-12-3-5-14(6-4-12)11-13(16)15-7-9-17-10-8-15;/h2-6H,1,7-11H2;1H/q+1;/p-1. The Morgan fingerprint density at radius 1 is 1.39 bits per heavy atom. The van der Waals surface area contributed by atoms with Crippen molar-refractivity contribution in [3.63, 3.8) is 0 Å². The summed E-state index contributed by atoms with van der Waals surface area (Å²) in [4.78, 5) is 13.8. The highest BCUT2D eigenvalue weighted by molar-refractivity contribution is 5.74. The molecule has 5 heteroatoms. The molecule has 1 aromatic rings. The molecule has 1 amide bonds. The maximum Gasteiger partial charge on any atom is 0.288 e. The van der Waals surface area contributed by atoms with E-state index in [1.165, 1.54) is 0 Å². The molecule has 0 spiro atoms. The van der Waals surface area contributed by atoms with Gasteiger partial charge in [-0.05, 0) is 5.56 Å². The highest BCUT2D eigenvalue weighted by Gasteiger charge is 2.19. The normalized spacial score (nSPS) is 14.8. The van der Waals surface area contributed by atoms with Crippen molar-refractivity contribution >= 4 is 12.0 Å². The number of carbonyl (C=O) groups is 1. The molecule has 1 aliphatic heterocycles. The van der Waals surface area contributed by atoms with Crippen molar-refractivity contribution in [2.75, 3.05) is 26.3 Å². The van der Waals surface area contributed by atoms with Crippen LogP contribution < -0.4 is 17.0 Å². The van der Waals surface area contributed by atoms with Gasteiger partial charge >= 0.3 is 0 Å². The molecule has 0 unspecified atom stereocenters. The molecule has 0 atom stereocenters. The fourth-order valence-electron chi connectivity index (χ4n) is 1.78. The minimum atomic E-state index is 0. The van der Waals surface area contributed by atoms with E-state index in [2.05, 4.69) is 6.58 Å². The van der Waals surface area contributed by atoms with Crippen molar-refractivity contribution in [2.24, 2.45) is 0 Å². The number of amides is 1. The number of aromatic nitrogens is 1. The molecule has 0 N–H and O–H groups in total. The second-order valence-electron chi connectivity index (χ2n) is 4.00. The lowest BCUT2D eigenvalue weighted by molar-refractivity contribution is -0.685. The van der Waals surface area contributed by atoms with Gasteiger partial charge in [-0.15, -0.1) is 0 Å². The molecular formula is C13H17ClN2O2. The van der Waals surface area contributed by atoms with Crippen molar-refractivity contribution < 1.29 is 26.5 Å². The van der Waals surface area contributed by atoms with E-state index in [0.717, 1.165) is 5.56 Å². The summed E-state index contributed by atoms with van der Waals surface area (Å²) < 4.78 is 7.10. The number of morpholine rings is 1. The first-order valence-electron chi connectivity index (χ1n) is 5.76. The molecule has 1 fully saturated rings. The van der Waals surface area contributed by atoms with Crippen LogP contribution in [0, 0.1) is 0 Å². The summed E-state index contributed by atoms with van der Waals surface area (Å²) in [7, 11) is 0. The van der Waals surface area contributed by atoms with Crippen molar-refractivity contribution in [2.45, 2.75) is 6.54 Å². The molecule has 2 heterocycles. The fourth-order valence-corrected chi connectivity index (χ4v) is 1.78. The highest BCUT2D eigenvalue weighted by atomic mass is 35.5. The Bertz CT molecular complexity index is 400. The minimum Gasteiger partial charge on any atom is -1.00 e. The van der Waals surface area contributed by atoms with Crippen LogP contribution in [0.15, 0.2) is 31.1 Å². The van der Waals surface area contributed by atoms with Gasteiger partial charge in [0, 0.05) is 25.2 Å². The van der Waals surface area contributed by atoms with E-state index in [9.17, 15) is 4.79 Å². The van der Waals surface area contributed by atoms with E-state index >= 15 is 0 Å². The molecule has 0 saturated carbocycles. The number of rotatable bonds is 3. The first-order chi connectivity index (χ1) is 8.29.